The number of hydrogen-bond acceptors (Lipinski definition) is 6. The smallest absolute Gasteiger partial charge is 0.240 e. The molecule has 2 aliphatic rings. The molecule has 6 nitrogen and oxygen atoms in total. The molecule has 1 aromatic rings. The Morgan fingerprint density at radius 1 is 1.04 bits per heavy atom. The van der Waals surface area contributed by atoms with E-state index < -0.39 is 0 Å². The highest BCUT2D eigenvalue weighted by atomic mass is 16.5. The van der Waals surface area contributed by atoms with Crippen LogP contribution in [0.4, 0.5) is 0 Å². The average Bonchev–Trinajstić information content (AvgIpc) is 3.18. The Bertz CT molecular complexity index is 468. The van der Waals surface area contributed by atoms with E-state index in [1.54, 1.807) is 0 Å². The van der Waals surface area contributed by atoms with Gasteiger partial charge in [0.15, 0.2) is 5.82 Å². The molecular formula is C17H29N3O3. The van der Waals surface area contributed by atoms with Gasteiger partial charge in [-0.2, -0.15) is 4.98 Å². The molecule has 130 valence electrons. The second-order valence-corrected chi connectivity index (χ2v) is 7.73. The van der Waals surface area contributed by atoms with Crippen molar-refractivity contribution >= 4 is 0 Å². The maximum Gasteiger partial charge on any atom is 0.240 e. The van der Waals surface area contributed by atoms with Crippen molar-refractivity contribution in [2.24, 2.45) is 0 Å². The largest absolute Gasteiger partial charge is 0.377 e. The van der Waals surface area contributed by atoms with Crippen LogP contribution in [0.5, 0.6) is 0 Å². The quantitative estimate of drug-likeness (QED) is 0.802. The van der Waals surface area contributed by atoms with Crippen LogP contribution in [0.1, 0.15) is 58.2 Å². The number of rotatable bonds is 6. The molecule has 3 heterocycles. The Morgan fingerprint density at radius 2 is 1.65 bits per heavy atom. The molecule has 0 amide bonds. The fourth-order valence-electron chi connectivity index (χ4n) is 3.17. The van der Waals surface area contributed by atoms with Gasteiger partial charge < -0.3 is 14.0 Å². The second kappa shape index (κ2) is 7.28. The maximum atomic E-state index is 5.80. The molecule has 2 fully saturated rings. The van der Waals surface area contributed by atoms with Crippen molar-refractivity contribution < 1.29 is 14.0 Å². The third-order valence-electron chi connectivity index (χ3n) is 4.47. The summed E-state index contributed by atoms with van der Waals surface area (Å²) < 4.78 is 17.1. The number of hydrogen-bond donors (Lipinski definition) is 0. The van der Waals surface area contributed by atoms with Crippen LogP contribution >= 0.6 is 0 Å². The minimum absolute atomic E-state index is 0.0876. The lowest BCUT2D eigenvalue weighted by atomic mass is 9.96. The van der Waals surface area contributed by atoms with Gasteiger partial charge in [0.1, 0.15) is 0 Å². The molecule has 0 aliphatic carbocycles. The van der Waals surface area contributed by atoms with E-state index in [-0.39, 0.29) is 5.41 Å². The Morgan fingerprint density at radius 3 is 2.09 bits per heavy atom. The zero-order valence-corrected chi connectivity index (χ0v) is 14.6. The first kappa shape index (κ1) is 16.9. The van der Waals surface area contributed by atoms with Crippen LogP contribution in [0, 0.1) is 0 Å². The molecule has 0 aromatic carbocycles. The molecule has 2 aliphatic heterocycles. The lowest BCUT2D eigenvalue weighted by molar-refractivity contribution is 0.0309. The third kappa shape index (κ3) is 4.75. The summed E-state index contributed by atoms with van der Waals surface area (Å²) >= 11 is 0. The standard InChI is InChI=1S/C17H29N3O3/c1-17(2,3)16-18-15(23-19-16)12-20(10-13-6-4-8-21-13)11-14-7-5-9-22-14/h13-14H,4-12H2,1-3H3. The Labute approximate surface area is 138 Å². The zero-order chi connectivity index (χ0) is 16.3. The highest BCUT2D eigenvalue weighted by molar-refractivity contribution is 5.00. The molecule has 6 heteroatoms. The summed E-state index contributed by atoms with van der Waals surface area (Å²) in [6.07, 6.45) is 5.24. The minimum atomic E-state index is -0.0876. The van der Waals surface area contributed by atoms with Crippen molar-refractivity contribution in [3.8, 4) is 0 Å². The van der Waals surface area contributed by atoms with E-state index in [1.165, 1.54) is 0 Å². The fourth-order valence-corrected chi connectivity index (χ4v) is 3.17. The molecule has 2 atom stereocenters. The van der Waals surface area contributed by atoms with Crippen molar-refractivity contribution in [3.05, 3.63) is 11.7 Å². The van der Waals surface area contributed by atoms with Crippen LogP contribution < -0.4 is 0 Å². The van der Waals surface area contributed by atoms with Gasteiger partial charge >= 0.3 is 0 Å². The van der Waals surface area contributed by atoms with Gasteiger partial charge in [0.05, 0.1) is 18.8 Å². The van der Waals surface area contributed by atoms with Crippen molar-refractivity contribution in [1.82, 2.24) is 15.0 Å². The number of ether oxygens (including phenoxy) is 2. The molecule has 2 unspecified atom stereocenters. The van der Waals surface area contributed by atoms with Crippen molar-refractivity contribution in [1.29, 1.82) is 0 Å². The van der Waals surface area contributed by atoms with Gasteiger partial charge in [0.25, 0.3) is 0 Å². The summed E-state index contributed by atoms with van der Waals surface area (Å²) in [5.41, 5.74) is -0.0876. The maximum absolute atomic E-state index is 5.80. The first-order valence-corrected chi connectivity index (χ1v) is 8.79. The molecule has 0 radical (unpaired) electrons. The minimum Gasteiger partial charge on any atom is -0.377 e. The topological polar surface area (TPSA) is 60.6 Å². The average molecular weight is 323 g/mol. The highest BCUT2D eigenvalue weighted by Gasteiger charge is 2.26. The number of nitrogens with zero attached hydrogens (tertiary/aromatic N) is 3. The lowest BCUT2D eigenvalue weighted by Crippen LogP contribution is -2.37. The first-order chi connectivity index (χ1) is 11.0. The van der Waals surface area contributed by atoms with Crippen LogP contribution in [0.25, 0.3) is 0 Å². The summed E-state index contributed by atoms with van der Waals surface area (Å²) in [5.74, 6) is 1.45. The van der Waals surface area contributed by atoms with E-state index >= 15 is 0 Å². The van der Waals surface area contributed by atoms with Crippen LogP contribution in [0.2, 0.25) is 0 Å². The fraction of sp³-hybridized carbons (Fsp3) is 0.882. The van der Waals surface area contributed by atoms with Crippen LogP contribution in [0.3, 0.4) is 0 Å². The third-order valence-corrected chi connectivity index (χ3v) is 4.47. The van der Waals surface area contributed by atoms with Gasteiger partial charge in [0, 0.05) is 31.7 Å². The molecule has 0 saturated carbocycles. The monoisotopic (exact) mass is 323 g/mol. The Hall–Kier alpha value is -0.980. The summed E-state index contributed by atoms with van der Waals surface area (Å²) in [6.45, 7) is 10.5. The van der Waals surface area contributed by atoms with Crippen LogP contribution in [-0.4, -0.2) is 53.6 Å². The Kier molecular flexibility index (Phi) is 5.34. The van der Waals surface area contributed by atoms with Gasteiger partial charge in [-0.15, -0.1) is 0 Å². The van der Waals surface area contributed by atoms with E-state index in [1.807, 2.05) is 0 Å². The summed E-state index contributed by atoms with van der Waals surface area (Å²) in [4.78, 5) is 6.92. The summed E-state index contributed by atoms with van der Waals surface area (Å²) in [6, 6.07) is 0. The molecule has 2 saturated heterocycles. The van der Waals surface area contributed by atoms with Gasteiger partial charge in [-0.25, -0.2) is 0 Å². The highest BCUT2D eigenvalue weighted by Crippen LogP contribution is 2.21. The Balaban J connectivity index is 1.62. The van der Waals surface area contributed by atoms with Gasteiger partial charge in [0.2, 0.25) is 5.89 Å². The predicted molar refractivity (Wildman–Crippen MR) is 86.2 cm³/mol. The van der Waals surface area contributed by atoms with E-state index in [0.29, 0.717) is 24.6 Å². The first-order valence-electron chi connectivity index (χ1n) is 8.79. The molecule has 23 heavy (non-hydrogen) atoms. The predicted octanol–water partition coefficient (Wildman–Crippen LogP) is 2.53. The zero-order valence-electron chi connectivity index (χ0n) is 14.6. The molecule has 0 N–H and O–H groups in total. The van der Waals surface area contributed by atoms with E-state index in [4.69, 9.17) is 14.0 Å². The molecule has 0 spiro atoms. The molecule has 0 bridgehead atoms. The van der Waals surface area contributed by atoms with Crippen LogP contribution in [0.15, 0.2) is 4.52 Å². The van der Waals surface area contributed by atoms with Crippen LogP contribution in [-0.2, 0) is 21.4 Å². The summed E-state index contributed by atoms with van der Waals surface area (Å²) in [7, 11) is 0. The van der Waals surface area contributed by atoms with E-state index in [9.17, 15) is 0 Å². The van der Waals surface area contributed by atoms with Crippen molar-refractivity contribution in [3.63, 3.8) is 0 Å². The SMILES string of the molecule is CC(C)(C)c1noc(CN(CC2CCCO2)CC2CCCO2)n1. The van der Waals surface area contributed by atoms with Gasteiger partial charge in [-0.05, 0) is 25.7 Å². The van der Waals surface area contributed by atoms with Crippen molar-refractivity contribution in [2.45, 2.75) is 70.6 Å². The van der Waals surface area contributed by atoms with E-state index in [0.717, 1.165) is 57.8 Å². The van der Waals surface area contributed by atoms with E-state index in [2.05, 4.69) is 35.8 Å². The summed E-state index contributed by atoms with van der Waals surface area (Å²) in [5, 5.41) is 4.13. The van der Waals surface area contributed by atoms with Gasteiger partial charge in [-0.3, -0.25) is 4.90 Å². The molecular weight excluding hydrogens is 294 g/mol. The lowest BCUT2D eigenvalue weighted by Gasteiger charge is -2.26. The molecule has 3 rings (SSSR count). The second-order valence-electron chi connectivity index (χ2n) is 7.73. The van der Waals surface area contributed by atoms with Crippen molar-refractivity contribution in [2.75, 3.05) is 26.3 Å². The van der Waals surface area contributed by atoms with Gasteiger partial charge in [-0.1, -0.05) is 25.9 Å². The number of aromatic nitrogens is 2. The normalized spacial score (nSPS) is 25.6. The molecule has 1 aromatic heterocycles.